The van der Waals surface area contributed by atoms with Crippen LogP contribution in [-0.4, -0.2) is 16.8 Å². The molecule has 14 heavy (non-hydrogen) atoms. The summed E-state index contributed by atoms with van der Waals surface area (Å²) in [5, 5.41) is 8.67. The van der Waals surface area contributed by atoms with Gasteiger partial charge in [0, 0.05) is 4.90 Å². The summed E-state index contributed by atoms with van der Waals surface area (Å²) in [6, 6.07) is 10.0. The van der Waals surface area contributed by atoms with E-state index in [1.165, 1.54) is 4.90 Å². The zero-order chi connectivity index (χ0) is 10.4. The highest BCUT2D eigenvalue weighted by molar-refractivity contribution is 7.99. The summed E-state index contributed by atoms with van der Waals surface area (Å²) in [6.07, 6.45) is 0.717. The van der Waals surface area contributed by atoms with Gasteiger partial charge in [0.25, 0.3) is 0 Å². The molecule has 1 rings (SSSR count). The van der Waals surface area contributed by atoms with E-state index in [4.69, 9.17) is 5.11 Å². The smallest absolute Gasteiger partial charge is 0.306 e. The second-order valence-corrected chi connectivity index (χ2v) is 4.36. The molecule has 0 aliphatic heterocycles. The van der Waals surface area contributed by atoms with Crippen molar-refractivity contribution in [1.82, 2.24) is 0 Å². The van der Waals surface area contributed by atoms with Crippen molar-refractivity contribution >= 4 is 17.7 Å². The van der Waals surface area contributed by atoms with E-state index in [1.54, 1.807) is 18.7 Å². The molecule has 0 aliphatic carbocycles. The first-order valence-electron chi connectivity index (χ1n) is 4.61. The van der Waals surface area contributed by atoms with Crippen molar-refractivity contribution in [2.75, 3.05) is 5.75 Å². The Labute approximate surface area is 88.3 Å². The van der Waals surface area contributed by atoms with Crippen molar-refractivity contribution in [3.8, 4) is 0 Å². The Morgan fingerprint density at radius 2 is 2.07 bits per heavy atom. The maximum atomic E-state index is 10.5. The Balaban J connectivity index is 2.26. The number of carbonyl (C=O) groups is 1. The van der Waals surface area contributed by atoms with Crippen molar-refractivity contribution in [3.63, 3.8) is 0 Å². The molecule has 0 heterocycles. The zero-order valence-corrected chi connectivity index (χ0v) is 8.96. The molecule has 0 saturated carbocycles. The number of rotatable bonds is 5. The molecule has 1 aromatic carbocycles. The van der Waals surface area contributed by atoms with Gasteiger partial charge in [0.05, 0.1) is 5.92 Å². The van der Waals surface area contributed by atoms with E-state index < -0.39 is 5.97 Å². The minimum absolute atomic E-state index is 0.244. The lowest BCUT2D eigenvalue weighted by Gasteiger charge is -2.05. The first kappa shape index (κ1) is 11.1. The Morgan fingerprint density at radius 1 is 1.43 bits per heavy atom. The fourth-order valence-electron chi connectivity index (χ4n) is 0.994. The Kier molecular flexibility index (Phi) is 4.53. The van der Waals surface area contributed by atoms with Crippen molar-refractivity contribution in [1.29, 1.82) is 0 Å². The van der Waals surface area contributed by atoms with Gasteiger partial charge in [-0.2, -0.15) is 0 Å². The minimum atomic E-state index is -0.710. The highest BCUT2D eigenvalue weighted by Crippen LogP contribution is 2.19. The Hall–Kier alpha value is -0.960. The van der Waals surface area contributed by atoms with Gasteiger partial charge in [-0.15, -0.1) is 11.8 Å². The number of carboxylic acid groups (broad SMARTS) is 1. The summed E-state index contributed by atoms with van der Waals surface area (Å²) in [7, 11) is 0. The van der Waals surface area contributed by atoms with Crippen LogP contribution in [0, 0.1) is 5.92 Å². The normalized spacial score (nSPS) is 12.4. The first-order chi connectivity index (χ1) is 6.70. The number of hydrogen-bond acceptors (Lipinski definition) is 2. The largest absolute Gasteiger partial charge is 0.481 e. The molecular formula is C11H14O2S. The Morgan fingerprint density at radius 3 is 2.64 bits per heavy atom. The van der Waals surface area contributed by atoms with E-state index in [0.717, 1.165) is 12.2 Å². The molecule has 1 N–H and O–H groups in total. The number of hydrogen-bond donors (Lipinski definition) is 1. The van der Waals surface area contributed by atoms with Gasteiger partial charge in [-0.25, -0.2) is 0 Å². The van der Waals surface area contributed by atoms with Crippen LogP contribution in [0.1, 0.15) is 13.3 Å². The topological polar surface area (TPSA) is 37.3 Å². The molecular weight excluding hydrogens is 196 g/mol. The second-order valence-electron chi connectivity index (χ2n) is 3.19. The quantitative estimate of drug-likeness (QED) is 0.759. The molecule has 0 bridgehead atoms. The molecule has 0 radical (unpaired) electrons. The van der Waals surface area contributed by atoms with E-state index in [1.807, 2.05) is 30.3 Å². The third kappa shape index (κ3) is 3.83. The first-order valence-corrected chi connectivity index (χ1v) is 5.59. The maximum absolute atomic E-state index is 10.5. The maximum Gasteiger partial charge on any atom is 0.306 e. The molecule has 0 spiro atoms. The Bertz CT molecular complexity index is 285. The third-order valence-electron chi connectivity index (χ3n) is 1.98. The van der Waals surface area contributed by atoms with Crippen LogP contribution in [0.2, 0.25) is 0 Å². The van der Waals surface area contributed by atoms with Gasteiger partial charge in [-0.3, -0.25) is 4.79 Å². The molecule has 0 unspecified atom stereocenters. The van der Waals surface area contributed by atoms with Crippen molar-refractivity contribution < 1.29 is 9.90 Å². The SMILES string of the molecule is C[C@@H](CCSc1ccccc1)C(=O)O. The van der Waals surface area contributed by atoms with Gasteiger partial charge in [0.15, 0.2) is 0 Å². The molecule has 0 saturated heterocycles. The number of carboxylic acids is 1. The molecule has 76 valence electrons. The van der Waals surface area contributed by atoms with Gasteiger partial charge in [-0.05, 0) is 24.3 Å². The summed E-state index contributed by atoms with van der Waals surface area (Å²) < 4.78 is 0. The summed E-state index contributed by atoms with van der Waals surface area (Å²) >= 11 is 1.70. The molecule has 1 atom stereocenters. The fraction of sp³-hybridized carbons (Fsp3) is 0.364. The van der Waals surface area contributed by atoms with E-state index in [9.17, 15) is 4.79 Å². The molecule has 3 heteroatoms. The van der Waals surface area contributed by atoms with Gasteiger partial charge in [-0.1, -0.05) is 25.1 Å². The molecule has 1 aromatic rings. The van der Waals surface area contributed by atoms with Gasteiger partial charge in [0.1, 0.15) is 0 Å². The lowest BCUT2D eigenvalue weighted by atomic mass is 10.1. The summed E-state index contributed by atoms with van der Waals surface area (Å²) in [6.45, 7) is 1.74. The summed E-state index contributed by atoms with van der Waals surface area (Å²) in [5.74, 6) is -0.0952. The molecule has 2 nitrogen and oxygen atoms in total. The zero-order valence-electron chi connectivity index (χ0n) is 8.14. The monoisotopic (exact) mass is 210 g/mol. The highest BCUT2D eigenvalue weighted by atomic mass is 32.2. The summed E-state index contributed by atoms with van der Waals surface area (Å²) in [4.78, 5) is 11.7. The van der Waals surface area contributed by atoms with Crippen LogP contribution in [0.5, 0.6) is 0 Å². The lowest BCUT2D eigenvalue weighted by molar-refractivity contribution is -0.141. The highest BCUT2D eigenvalue weighted by Gasteiger charge is 2.09. The van der Waals surface area contributed by atoms with Gasteiger partial charge in [0.2, 0.25) is 0 Å². The van der Waals surface area contributed by atoms with Crippen LogP contribution in [0.15, 0.2) is 35.2 Å². The van der Waals surface area contributed by atoms with E-state index in [2.05, 4.69) is 0 Å². The average Bonchev–Trinajstić information content (AvgIpc) is 2.19. The minimum Gasteiger partial charge on any atom is -0.481 e. The van der Waals surface area contributed by atoms with Gasteiger partial charge < -0.3 is 5.11 Å². The standard InChI is InChI=1S/C11H14O2S/c1-9(11(12)13)7-8-14-10-5-3-2-4-6-10/h2-6,9H,7-8H2,1H3,(H,12,13)/t9-/m0/s1. The lowest BCUT2D eigenvalue weighted by Crippen LogP contribution is -2.09. The second kappa shape index (κ2) is 5.70. The van der Waals surface area contributed by atoms with Crippen LogP contribution in [-0.2, 0) is 4.79 Å². The fourth-order valence-corrected chi connectivity index (χ4v) is 2.05. The van der Waals surface area contributed by atoms with Crippen LogP contribution in [0.4, 0.5) is 0 Å². The number of benzene rings is 1. The van der Waals surface area contributed by atoms with Gasteiger partial charge >= 0.3 is 5.97 Å². The number of aliphatic carboxylic acids is 1. The number of thioether (sulfide) groups is 1. The van der Waals surface area contributed by atoms with Crippen molar-refractivity contribution in [3.05, 3.63) is 30.3 Å². The molecule has 0 aliphatic rings. The average molecular weight is 210 g/mol. The molecule has 0 fully saturated rings. The predicted octanol–water partition coefficient (Wildman–Crippen LogP) is 2.89. The van der Waals surface area contributed by atoms with Crippen molar-refractivity contribution in [2.24, 2.45) is 5.92 Å². The molecule has 0 aromatic heterocycles. The molecule has 0 amide bonds. The van der Waals surface area contributed by atoms with Crippen LogP contribution >= 0.6 is 11.8 Å². The van der Waals surface area contributed by atoms with E-state index >= 15 is 0 Å². The van der Waals surface area contributed by atoms with Crippen molar-refractivity contribution in [2.45, 2.75) is 18.2 Å². The van der Waals surface area contributed by atoms with Crippen LogP contribution in [0.25, 0.3) is 0 Å². The predicted molar refractivity (Wildman–Crippen MR) is 58.6 cm³/mol. The van der Waals surface area contributed by atoms with E-state index in [-0.39, 0.29) is 5.92 Å². The third-order valence-corrected chi connectivity index (χ3v) is 3.03. The van der Waals surface area contributed by atoms with Crippen LogP contribution in [0.3, 0.4) is 0 Å². The summed E-state index contributed by atoms with van der Waals surface area (Å²) in [5.41, 5.74) is 0. The van der Waals surface area contributed by atoms with E-state index in [0.29, 0.717) is 0 Å². The van der Waals surface area contributed by atoms with Crippen LogP contribution < -0.4 is 0 Å².